The van der Waals surface area contributed by atoms with E-state index in [0.717, 1.165) is 22.0 Å². The lowest BCUT2D eigenvalue weighted by molar-refractivity contribution is 0.102. The van der Waals surface area contributed by atoms with Gasteiger partial charge in [0.05, 0.1) is 0 Å². The molecule has 1 atom stereocenters. The van der Waals surface area contributed by atoms with E-state index in [9.17, 15) is 5.11 Å². The zero-order valence-corrected chi connectivity index (χ0v) is 12.1. The van der Waals surface area contributed by atoms with Crippen molar-refractivity contribution in [3.63, 3.8) is 0 Å². The summed E-state index contributed by atoms with van der Waals surface area (Å²) in [7, 11) is 0. The van der Waals surface area contributed by atoms with Crippen LogP contribution in [0.5, 0.6) is 0 Å². The maximum atomic E-state index is 11.0. The lowest BCUT2D eigenvalue weighted by atomic mass is 9.86. The second kappa shape index (κ2) is 4.50. The molecule has 0 fully saturated rings. The van der Waals surface area contributed by atoms with Crippen LogP contribution >= 0.6 is 0 Å². The molecule has 3 rings (SSSR count). The monoisotopic (exact) mass is 265 g/mol. The van der Waals surface area contributed by atoms with Gasteiger partial charge in [-0.05, 0) is 55.5 Å². The molecule has 2 heteroatoms. The molecule has 0 saturated carbocycles. The van der Waals surface area contributed by atoms with Crippen LogP contribution in [0.3, 0.4) is 0 Å². The summed E-state index contributed by atoms with van der Waals surface area (Å²) in [6.45, 7) is 5.97. The van der Waals surface area contributed by atoms with Gasteiger partial charge in [0.25, 0.3) is 0 Å². The molecular weight excluding hydrogens is 246 g/mol. The summed E-state index contributed by atoms with van der Waals surface area (Å²) in [4.78, 5) is 3.17. The Morgan fingerprint density at radius 1 is 0.900 bits per heavy atom. The van der Waals surface area contributed by atoms with Gasteiger partial charge in [0.2, 0.25) is 0 Å². The molecule has 102 valence electrons. The second-order valence-electron chi connectivity index (χ2n) is 5.73. The van der Waals surface area contributed by atoms with Gasteiger partial charge in [-0.3, -0.25) is 0 Å². The van der Waals surface area contributed by atoms with Crippen molar-refractivity contribution >= 4 is 10.9 Å². The largest absolute Gasteiger partial charge is 0.381 e. The maximum absolute atomic E-state index is 11.0. The molecule has 2 N–H and O–H groups in total. The predicted octanol–water partition coefficient (Wildman–Crippen LogP) is 4.04. The molecule has 0 amide bonds. The van der Waals surface area contributed by atoms with Crippen LogP contribution in [0.25, 0.3) is 10.9 Å². The van der Waals surface area contributed by atoms with Crippen molar-refractivity contribution in [1.82, 2.24) is 4.98 Å². The molecule has 0 saturated heterocycles. The number of hydrogen-bond acceptors (Lipinski definition) is 1. The molecule has 1 heterocycles. The van der Waals surface area contributed by atoms with Crippen LogP contribution in [0.2, 0.25) is 0 Å². The van der Waals surface area contributed by atoms with Gasteiger partial charge in [0.1, 0.15) is 5.60 Å². The van der Waals surface area contributed by atoms with E-state index in [4.69, 9.17) is 0 Å². The topological polar surface area (TPSA) is 36.0 Å². The summed E-state index contributed by atoms with van der Waals surface area (Å²) in [5.41, 5.74) is 4.29. The molecule has 0 aliphatic rings. The third-order valence-corrected chi connectivity index (χ3v) is 3.90. The number of hydrogen-bond donors (Lipinski definition) is 2. The minimum Gasteiger partial charge on any atom is -0.381 e. The number of aliphatic hydroxyl groups is 1. The average molecular weight is 265 g/mol. The number of nitrogens with one attached hydrogen (secondary N) is 1. The molecule has 1 aromatic heterocycles. The third-order valence-electron chi connectivity index (χ3n) is 3.90. The molecular formula is C18H19NO. The summed E-state index contributed by atoms with van der Waals surface area (Å²) in [6.07, 6.45) is 1.92. The van der Waals surface area contributed by atoms with E-state index in [2.05, 4.69) is 24.9 Å². The van der Waals surface area contributed by atoms with Crippen molar-refractivity contribution in [1.29, 1.82) is 0 Å². The molecule has 20 heavy (non-hydrogen) atoms. The second-order valence-corrected chi connectivity index (χ2v) is 5.73. The fraction of sp³-hybridized carbons (Fsp3) is 0.222. The lowest BCUT2D eigenvalue weighted by Gasteiger charge is -2.25. The maximum Gasteiger partial charge on any atom is 0.112 e. The van der Waals surface area contributed by atoms with Gasteiger partial charge < -0.3 is 10.1 Å². The van der Waals surface area contributed by atoms with Gasteiger partial charge in [-0.25, -0.2) is 0 Å². The average Bonchev–Trinajstić information content (AvgIpc) is 2.84. The summed E-state index contributed by atoms with van der Waals surface area (Å²) in [5.74, 6) is 0. The molecule has 3 aromatic rings. The number of aromatic amines is 1. The zero-order chi connectivity index (χ0) is 14.3. The Kier molecular flexibility index (Phi) is 2.91. The normalized spacial score (nSPS) is 14.4. The quantitative estimate of drug-likeness (QED) is 0.720. The third kappa shape index (κ3) is 2.12. The number of aryl methyl sites for hydroxylation is 2. The van der Waals surface area contributed by atoms with Gasteiger partial charge in [0.15, 0.2) is 0 Å². The fourth-order valence-electron chi connectivity index (χ4n) is 2.78. The molecule has 1 unspecified atom stereocenters. The van der Waals surface area contributed by atoms with Crippen molar-refractivity contribution in [2.45, 2.75) is 26.4 Å². The van der Waals surface area contributed by atoms with E-state index in [1.807, 2.05) is 49.5 Å². The Morgan fingerprint density at radius 3 is 2.30 bits per heavy atom. The Hall–Kier alpha value is -2.06. The first-order valence-corrected chi connectivity index (χ1v) is 6.85. The standard InChI is InChI=1S/C18H19NO/c1-12-8-13(2)10-16(9-12)18(3,20)15-4-5-17-14(11-15)6-7-19-17/h4-11,19-20H,1-3H3. The van der Waals surface area contributed by atoms with E-state index < -0.39 is 5.60 Å². The number of benzene rings is 2. The van der Waals surface area contributed by atoms with E-state index in [-0.39, 0.29) is 0 Å². The van der Waals surface area contributed by atoms with Gasteiger partial charge in [0, 0.05) is 11.7 Å². The Balaban J connectivity index is 2.13. The van der Waals surface area contributed by atoms with Crippen LogP contribution in [0.1, 0.15) is 29.2 Å². The van der Waals surface area contributed by atoms with Crippen molar-refractivity contribution < 1.29 is 5.11 Å². The van der Waals surface area contributed by atoms with E-state index in [0.29, 0.717) is 0 Å². The number of rotatable bonds is 2. The molecule has 0 aliphatic heterocycles. The molecule has 0 spiro atoms. The van der Waals surface area contributed by atoms with E-state index >= 15 is 0 Å². The van der Waals surface area contributed by atoms with E-state index in [1.165, 1.54) is 11.1 Å². The first kappa shape index (κ1) is 12.9. The first-order chi connectivity index (χ1) is 9.46. The summed E-state index contributed by atoms with van der Waals surface area (Å²) < 4.78 is 0. The van der Waals surface area contributed by atoms with Gasteiger partial charge in [-0.15, -0.1) is 0 Å². The van der Waals surface area contributed by atoms with Gasteiger partial charge in [-0.2, -0.15) is 0 Å². The van der Waals surface area contributed by atoms with Crippen LogP contribution in [0.15, 0.2) is 48.7 Å². The Morgan fingerprint density at radius 2 is 1.60 bits per heavy atom. The molecule has 0 aliphatic carbocycles. The number of H-pyrrole nitrogens is 1. The van der Waals surface area contributed by atoms with E-state index in [1.54, 1.807) is 0 Å². The predicted molar refractivity (Wildman–Crippen MR) is 82.9 cm³/mol. The van der Waals surface area contributed by atoms with Gasteiger partial charge in [-0.1, -0.05) is 35.4 Å². The number of fused-ring (bicyclic) bond motifs is 1. The van der Waals surface area contributed by atoms with Crippen molar-refractivity contribution in [3.8, 4) is 0 Å². The SMILES string of the molecule is Cc1cc(C)cc(C(C)(O)c2ccc3[nH]ccc3c2)c1. The van der Waals surface area contributed by atoms with Crippen LogP contribution in [0.4, 0.5) is 0 Å². The molecule has 0 bridgehead atoms. The highest BCUT2D eigenvalue weighted by atomic mass is 16.3. The van der Waals surface area contributed by atoms with Crippen molar-refractivity contribution in [2.75, 3.05) is 0 Å². The van der Waals surface area contributed by atoms with Crippen molar-refractivity contribution in [2.24, 2.45) is 0 Å². The Labute approximate surface area is 119 Å². The number of aromatic nitrogens is 1. The molecule has 2 nitrogen and oxygen atoms in total. The molecule has 0 radical (unpaired) electrons. The van der Waals surface area contributed by atoms with Crippen LogP contribution in [0, 0.1) is 13.8 Å². The highest BCUT2D eigenvalue weighted by molar-refractivity contribution is 5.80. The molecule has 2 aromatic carbocycles. The smallest absolute Gasteiger partial charge is 0.112 e. The zero-order valence-electron chi connectivity index (χ0n) is 12.1. The lowest BCUT2D eigenvalue weighted by Crippen LogP contribution is -2.23. The fourth-order valence-corrected chi connectivity index (χ4v) is 2.78. The minimum absolute atomic E-state index is 0.912. The van der Waals surface area contributed by atoms with Crippen molar-refractivity contribution in [3.05, 3.63) is 70.9 Å². The first-order valence-electron chi connectivity index (χ1n) is 6.85. The van der Waals surface area contributed by atoms with Crippen LogP contribution < -0.4 is 0 Å². The highest BCUT2D eigenvalue weighted by Crippen LogP contribution is 2.32. The Bertz CT molecular complexity index is 748. The van der Waals surface area contributed by atoms with Crippen LogP contribution in [-0.4, -0.2) is 10.1 Å². The summed E-state index contributed by atoms with van der Waals surface area (Å²) >= 11 is 0. The summed E-state index contributed by atoms with van der Waals surface area (Å²) in [5, 5.41) is 12.1. The van der Waals surface area contributed by atoms with Gasteiger partial charge >= 0.3 is 0 Å². The minimum atomic E-state index is -0.984. The summed E-state index contributed by atoms with van der Waals surface area (Å²) in [6, 6.07) is 14.3. The highest BCUT2D eigenvalue weighted by Gasteiger charge is 2.26. The van der Waals surface area contributed by atoms with Crippen LogP contribution in [-0.2, 0) is 5.60 Å².